The number of ether oxygens (including phenoxy) is 3. The number of rotatable bonds is 5. The number of hydrogen-bond acceptors (Lipinski definition) is 5. The molecule has 1 heterocycles. The molecule has 0 saturated heterocycles. The van der Waals surface area contributed by atoms with Crippen molar-refractivity contribution in [2.24, 2.45) is 0 Å². The van der Waals surface area contributed by atoms with Crippen molar-refractivity contribution in [3.05, 3.63) is 38.5 Å². The number of thiophene rings is 1. The Bertz CT molecular complexity index is 597. The third-order valence-electron chi connectivity index (χ3n) is 2.92. The number of halogens is 1. The highest BCUT2D eigenvalue weighted by atomic mass is 79.9. The van der Waals surface area contributed by atoms with Crippen molar-refractivity contribution in [3.8, 4) is 17.2 Å². The maximum Gasteiger partial charge on any atom is 0.161 e. The number of methoxy groups -OCH3 is 3. The van der Waals surface area contributed by atoms with Crippen molar-refractivity contribution >= 4 is 27.3 Å². The van der Waals surface area contributed by atoms with Gasteiger partial charge in [-0.2, -0.15) is 0 Å². The molecule has 0 radical (unpaired) electrons. The van der Waals surface area contributed by atoms with Crippen LogP contribution in [0.3, 0.4) is 0 Å². The third kappa shape index (κ3) is 2.77. The lowest BCUT2D eigenvalue weighted by atomic mass is 10.1. The molecular weight excluding hydrogens is 344 g/mol. The summed E-state index contributed by atoms with van der Waals surface area (Å²) in [6.45, 7) is 0. The van der Waals surface area contributed by atoms with Crippen LogP contribution in [0, 0.1) is 0 Å². The Morgan fingerprint density at radius 2 is 1.65 bits per heavy atom. The van der Waals surface area contributed by atoms with Crippen LogP contribution in [0.25, 0.3) is 0 Å². The molecule has 0 aliphatic carbocycles. The molecule has 0 aliphatic rings. The van der Waals surface area contributed by atoms with Gasteiger partial charge >= 0.3 is 0 Å². The molecule has 0 fully saturated rings. The molecule has 0 aliphatic heterocycles. The van der Waals surface area contributed by atoms with Crippen LogP contribution in [0.2, 0.25) is 0 Å². The zero-order valence-corrected chi connectivity index (χ0v) is 13.7. The Labute approximate surface area is 130 Å². The molecule has 1 N–H and O–H groups in total. The lowest BCUT2D eigenvalue weighted by molar-refractivity contribution is 0.217. The van der Waals surface area contributed by atoms with Crippen LogP contribution >= 0.6 is 27.3 Å². The third-order valence-corrected chi connectivity index (χ3v) is 4.56. The van der Waals surface area contributed by atoms with E-state index in [1.165, 1.54) is 11.3 Å². The van der Waals surface area contributed by atoms with Gasteiger partial charge in [0, 0.05) is 10.0 Å². The molecule has 1 aromatic carbocycles. The fourth-order valence-electron chi connectivity index (χ4n) is 1.90. The molecule has 1 unspecified atom stereocenters. The van der Waals surface area contributed by atoms with E-state index in [2.05, 4.69) is 15.9 Å². The highest BCUT2D eigenvalue weighted by Crippen LogP contribution is 2.41. The van der Waals surface area contributed by atoms with E-state index in [0.717, 1.165) is 9.35 Å². The van der Waals surface area contributed by atoms with Crippen molar-refractivity contribution < 1.29 is 19.3 Å². The van der Waals surface area contributed by atoms with Crippen molar-refractivity contribution in [1.82, 2.24) is 0 Å². The molecule has 2 aromatic rings. The van der Waals surface area contributed by atoms with Crippen molar-refractivity contribution in [2.75, 3.05) is 21.3 Å². The Hall–Kier alpha value is -1.24. The highest BCUT2D eigenvalue weighted by molar-refractivity contribution is 9.10. The number of aliphatic hydroxyl groups excluding tert-OH is 1. The minimum absolute atomic E-state index is 0.570. The van der Waals surface area contributed by atoms with Crippen LogP contribution in [-0.4, -0.2) is 26.4 Å². The van der Waals surface area contributed by atoms with Crippen LogP contribution < -0.4 is 14.2 Å². The van der Waals surface area contributed by atoms with Crippen LogP contribution in [0.1, 0.15) is 16.5 Å². The number of benzene rings is 1. The van der Waals surface area contributed by atoms with Gasteiger partial charge in [0.05, 0.1) is 26.2 Å². The Kier molecular flexibility index (Phi) is 4.91. The molecule has 0 bridgehead atoms. The van der Waals surface area contributed by atoms with E-state index in [-0.39, 0.29) is 0 Å². The predicted molar refractivity (Wildman–Crippen MR) is 82.2 cm³/mol. The topological polar surface area (TPSA) is 47.9 Å². The Morgan fingerprint density at radius 3 is 2.25 bits per heavy atom. The molecule has 4 nitrogen and oxygen atoms in total. The lowest BCUT2D eigenvalue weighted by Crippen LogP contribution is -2.02. The van der Waals surface area contributed by atoms with Gasteiger partial charge < -0.3 is 19.3 Å². The van der Waals surface area contributed by atoms with Gasteiger partial charge in [-0.3, -0.25) is 0 Å². The summed E-state index contributed by atoms with van der Waals surface area (Å²) in [6.07, 6.45) is -0.792. The van der Waals surface area contributed by atoms with E-state index < -0.39 is 6.10 Å². The Morgan fingerprint density at radius 1 is 1.05 bits per heavy atom. The van der Waals surface area contributed by atoms with Crippen LogP contribution in [-0.2, 0) is 0 Å². The van der Waals surface area contributed by atoms with Gasteiger partial charge in [-0.15, -0.1) is 11.3 Å². The molecule has 2 rings (SSSR count). The van der Waals surface area contributed by atoms with Crippen molar-refractivity contribution in [3.63, 3.8) is 0 Å². The largest absolute Gasteiger partial charge is 0.495 e. The SMILES string of the molecule is COc1cc(Br)c(C(O)c2sccc2OC)cc1OC. The maximum absolute atomic E-state index is 10.6. The van der Waals surface area contributed by atoms with Crippen LogP contribution in [0.4, 0.5) is 0 Å². The second kappa shape index (κ2) is 6.47. The highest BCUT2D eigenvalue weighted by Gasteiger charge is 2.21. The summed E-state index contributed by atoms with van der Waals surface area (Å²) in [5, 5.41) is 12.4. The number of hydrogen-bond donors (Lipinski definition) is 1. The van der Waals surface area contributed by atoms with E-state index in [9.17, 15) is 5.11 Å². The Balaban J connectivity index is 2.46. The van der Waals surface area contributed by atoms with Crippen LogP contribution in [0.15, 0.2) is 28.1 Å². The summed E-state index contributed by atoms with van der Waals surface area (Å²) in [7, 11) is 4.72. The van der Waals surface area contributed by atoms with Crippen molar-refractivity contribution in [1.29, 1.82) is 0 Å². The van der Waals surface area contributed by atoms with E-state index in [1.54, 1.807) is 33.5 Å². The molecule has 20 heavy (non-hydrogen) atoms. The summed E-state index contributed by atoms with van der Waals surface area (Å²) in [4.78, 5) is 0.750. The average molecular weight is 359 g/mol. The zero-order chi connectivity index (χ0) is 14.7. The fraction of sp³-hybridized carbons (Fsp3) is 0.286. The lowest BCUT2D eigenvalue weighted by Gasteiger charge is -2.16. The molecule has 0 spiro atoms. The average Bonchev–Trinajstić information content (AvgIpc) is 2.94. The first-order valence-corrected chi connectivity index (χ1v) is 7.50. The summed E-state index contributed by atoms with van der Waals surface area (Å²) in [5.41, 5.74) is 0.698. The summed E-state index contributed by atoms with van der Waals surface area (Å²) >= 11 is 4.89. The van der Waals surface area contributed by atoms with Gasteiger partial charge in [-0.05, 0) is 23.6 Å². The smallest absolute Gasteiger partial charge is 0.161 e. The summed E-state index contributed by atoms with van der Waals surface area (Å²) in [6, 6.07) is 5.36. The molecule has 1 aromatic heterocycles. The van der Waals surface area contributed by atoms with E-state index in [1.807, 2.05) is 11.4 Å². The van der Waals surface area contributed by atoms with Gasteiger partial charge in [0.2, 0.25) is 0 Å². The zero-order valence-electron chi connectivity index (χ0n) is 11.3. The second-order valence-corrected chi connectivity index (χ2v) is 5.79. The molecule has 0 amide bonds. The summed E-state index contributed by atoms with van der Waals surface area (Å²) < 4.78 is 16.5. The molecular formula is C14H15BrO4S. The van der Waals surface area contributed by atoms with Crippen LogP contribution in [0.5, 0.6) is 17.2 Å². The monoisotopic (exact) mass is 358 g/mol. The minimum atomic E-state index is -0.792. The van der Waals surface area contributed by atoms with E-state index in [0.29, 0.717) is 22.8 Å². The standard InChI is InChI=1S/C14H15BrO4S/c1-17-10-4-5-20-14(10)13(16)8-6-11(18-2)12(19-3)7-9(8)15/h4-7,13,16H,1-3H3. The first kappa shape index (κ1) is 15.2. The van der Waals surface area contributed by atoms with E-state index in [4.69, 9.17) is 14.2 Å². The van der Waals surface area contributed by atoms with Crippen molar-refractivity contribution in [2.45, 2.75) is 6.10 Å². The summed E-state index contributed by atoms with van der Waals surface area (Å²) in [5.74, 6) is 1.85. The van der Waals surface area contributed by atoms with Gasteiger partial charge in [0.1, 0.15) is 11.9 Å². The predicted octanol–water partition coefficient (Wildman–Crippen LogP) is 3.62. The van der Waals surface area contributed by atoms with Gasteiger partial charge in [-0.25, -0.2) is 0 Å². The fourth-order valence-corrected chi connectivity index (χ4v) is 3.30. The van der Waals surface area contributed by atoms with Gasteiger partial charge in [-0.1, -0.05) is 15.9 Å². The molecule has 1 atom stereocenters. The second-order valence-electron chi connectivity index (χ2n) is 3.98. The number of aliphatic hydroxyl groups is 1. The minimum Gasteiger partial charge on any atom is -0.495 e. The molecule has 6 heteroatoms. The molecule has 108 valence electrons. The quantitative estimate of drug-likeness (QED) is 0.886. The van der Waals surface area contributed by atoms with Gasteiger partial charge in [0.15, 0.2) is 11.5 Å². The van der Waals surface area contributed by atoms with E-state index >= 15 is 0 Å². The maximum atomic E-state index is 10.6. The first-order valence-electron chi connectivity index (χ1n) is 5.83. The first-order chi connectivity index (χ1) is 9.62. The normalized spacial score (nSPS) is 12.1. The molecule has 0 saturated carbocycles. The van der Waals surface area contributed by atoms with Gasteiger partial charge in [0.25, 0.3) is 0 Å².